The van der Waals surface area contributed by atoms with Crippen LogP contribution in [-0.2, 0) is 13.6 Å². The Bertz CT molecular complexity index is 625. The van der Waals surface area contributed by atoms with Crippen LogP contribution in [0, 0.1) is 18.3 Å². The molecule has 2 aromatic rings. The number of nitrogens with one attached hydrogen (secondary N) is 1. The summed E-state index contributed by atoms with van der Waals surface area (Å²) in [5.74, 6) is 0.718. The fraction of sp³-hybridized carbons (Fsp3) is 0.375. The van der Waals surface area contributed by atoms with Crippen molar-refractivity contribution >= 4 is 0 Å². The number of ether oxygens (including phenoxy) is 1. The Balaban J connectivity index is 1.92. The first kappa shape index (κ1) is 15.1. The Morgan fingerprint density at radius 3 is 2.67 bits per heavy atom. The molecule has 1 aromatic heterocycles. The van der Waals surface area contributed by atoms with Crippen LogP contribution in [0.2, 0.25) is 0 Å². The zero-order chi connectivity index (χ0) is 15.2. The Labute approximate surface area is 125 Å². The minimum absolute atomic E-state index is 0.0768. The zero-order valence-corrected chi connectivity index (χ0v) is 12.6. The molecule has 0 bridgehead atoms. The van der Waals surface area contributed by atoms with Crippen molar-refractivity contribution in [2.45, 2.75) is 26.4 Å². The highest BCUT2D eigenvalue weighted by Crippen LogP contribution is 2.18. The van der Waals surface area contributed by atoms with Crippen LogP contribution in [0.15, 0.2) is 30.5 Å². The van der Waals surface area contributed by atoms with Gasteiger partial charge in [-0.1, -0.05) is 12.1 Å². The summed E-state index contributed by atoms with van der Waals surface area (Å²) in [5, 5.41) is 16.3. The number of aryl methyl sites for hydroxylation is 2. The molecular weight excluding hydrogens is 264 g/mol. The standard InChI is InChI=1S/C16H20N4O/c1-12(18-10-15-11-20(3)19-13(15)2)14-4-6-16(7-5-14)21-9-8-17/h4-7,11-12,18H,9-10H2,1-3H3. The molecule has 0 aliphatic heterocycles. The maximum Gasteiger partial charge on any atom is 0.174 e. The molecule has 0 saturated carbocycles. The average molecular weight is 284 g/mol. The summed E-state index contributed by atoms with van der Waals surface area (Å²) in [6.45, 7) is 5.00. The fourth-order valence-electron chi connectivity index (χ4n) is 2.17. The third kappa shape index (κ3) is 4.07. The molecule has 1 unspecified atom stereocenters. The van der Waals surface area contributed by atoms with E-state index in [-0.39, 0.29) is 12.6 Å². The van der Waals surface area contributed by atoms with Gasteiger partial charge in [-0.15, -0.1) is 0 Å². The molecule has 5 heteroatoms. The third-order valence-corrected chi connectivity index (χ3v) is 3.40. The van der Waals surface area contributed by atoms with Crippen LogP contribution in [0.5, 0.6) is 5.75 Å². The van der Waals surface area contributed by atoms with Crippen molar-refractivity contribution in [2.24, 2.45) is 7.05 Å². The highest BCUT2D eigenvalue weighted by molar-refractivity contribution is 5.29. The Hall–Kier alpha value is -2.32. The summed E-state index contributed by atoms with van der Waals surface area (Å²) in [6, 6.07) is 9.99. The number of nitrogens with zero attached hydrogens (tertiary/aromatic N) is 3. The van der Waals surface area contributed by atoms with E-state index in [4.69, 9.17) is 10.00 Å². The molecule has 1 atom stereocenters. The van der Waals surface area contributed by atoms with Gasteiger partial charge in [0.1, 0.15) is 11.8 Å². The molecule has 0 aliphatic carbocycles. The van der Waals surface area contributed by atoms with Gasteiger partial charge in [0.25, 0.3) is 0 Å². The van der Waals surface area contributed by atoms with Gasteiger partial charge in [0.2, 0.25) is 0 Å². The lowest BCUT2D eigenvalue weighted by atomic mass is 10.1. The van der Waals surface area contributed by atoms with E-state index in [1.165, 1.54) is 11.1 Å². The van der Waals surface area contributed by atoms with Crippen molar-refractivity contribution in [1.82, 2.24) is 15.1 Å². The minimum atomic E-state index is 0.0768. The van der Waals surface area contributed by atoms with Crippen LogP contribution in [0.1, 0.15) is 29.8 Å². The maximum absolute atomic E-state index is 8.48. The molecule has 21 heavy (non-hydrogen) atoms. The number of nitriles is 1. The van der Waals surface area contributed by atoms with Gasteiger partial charge in [0, 0.05) is 31.4 Å². The normalized spacial score (nSPS) is 11.9. The molecule has 2 rings (SSSR count). The maximum atomic E-state index is 8.48. The predicted octanol–water partition coefficient (Wildman–Crippen LogP) is 2.48. The van der Waals surface area contributed by atoms with Gasteiger partial charge < -0.3 is 10.1 Å². The van der Waals surface area contributed by atoms with Crippen LogP contribution in [0.3, 0.4) is 0 Å². The summed E-state index contributed by atoms with van der Waals surface area (Å²) in [6.07, 6.45) is 2.04. The minimum Gasteiger partial charge on any atom is -0.479 e. The Morgan fingerprint density at radius 2 is 2.10 bits per heavy atom. The van der Waals surface area contributed by atoms with E-state index in [1.807, 2.05) is 55.2 Å². The summed E-state index contributed by atoms with van der Waals surface area (Å²) in [4.78, 5) is 0. The molecule has 0 fully saturated rings. The summed E-state index contributed by atoms with van der Waals surface area (Å²) < 4.78 is 7.08. The predicted molar refractivity (Wildman–Crippen MR) is 80.7 cm³/mol. The lowest BCUT2D eigenvalue weighted by molar-refractivity contribution is 0.368. The third-order valence-electron chi connectivity index (χ3n) is 3.40. The van der Waals surface area contributed by atoms with Crippen molar-refractivity contribution in [1.29, 1.82) is 5.26 Å². The number of aromatic nitrogens is 2. The van der Waals surface area contributed by atoms with Crippen LogP contribution >= 0.6 is 0 Å². The molecule has 1 N–H and O–H groups in total. The molecular formula is C16H20N4O. The largest absolute Gasteiger partial charge is 0.479 e. The first-order valence-corrected chi connectivity index (χ1v) is 6.92. The van der Waals surface area contributed by atoms with Crippen molar-refractivity contribution in [3.63, 3.8) is 0 Å². The van der Waals surface area contributed by atoms with E-state index < -0.39 is 0 Å². The van der Waals surface area contributed by atoms with Crippen molar-refractivity contribution in [3.8, 4) is 11.8 Å². The quantitative estimate of drug-likeness (QED) is 0.885. The smallest absolute Gasteiger partial charge is 0.174 e. The second-order valence-corrected chi connectivity index (χ2v) is 5.03. The highest BCUT2D eigenvalue weighted by atomic mass is 16.5. The first-order chi connectivity index (χ1) is 10.1. The summed E-state index contributed by atoms with van der Waals surface area (Å²) >= 11 is 0. The van der Waals surface area contributed by atoms with Crippen LogP contribution in [0.4, 0.5) is 0 Å². The van der Waals surface area contributed by atoms with E-state index in [9.17, 15) is 0 Å². The van der Waals surface area contributed by atoms with Crippen LogP contribution < -0.4 is 10.1 Å². The van der Waals surface area contributed by atoms with E-state index in [1.54, 1.807) is 0 Å². The van der Waals surface area contributed by atoms with Gasteiger partial charge in [0.05, 0.1) is 5.69 Å². The van der Waals surface area contributed by atoms with Crippen LogP contribution in [0.25, 0.3) is 0 Å². The second kappa shape index (κ2) is 6.91. The van der Waals surface area contributed by atoms with Gasteiger partial charge >= 0.3 is 0 Å². The molecule has 0 aliphatic rings. The molecule has 5 nitrogen and oxygen atoms in total. The number of hydrogen-bond acceptors (Lipinski definition) is 4. The van der Waals surface area contributed by atoms with Crippen molar-refractivity contribution in [3.05, 3.63) is 47.3 Å². The number of rotatable bonds is 6. The number of benzene rings is 1. The molecule has 1 aromatic carbocycles. The molecule has 0 radical (unpaired) electrons. The highest BCUT2D eigenvalue weighted by Gasteiger charge is 2.08. The van der Waals surface area contributed by atoms with E-state index in [0.29, 0.717) is 0 Å². The summed E-state index contributed by atoms with van der Waals surface area (Å²) in [5.41, 5.74) is 3.44. The molecule has 1 heterocycles. The topological polar surface area (TPSA) is 62.9 Å². The summed E-state index contributed by atoms with van der Waals surface area (Å²) in [7, 11) is 1.93. The monoisotopic (exact) mass is 284 g/mol. The second-order valence-electron chi connectivity index (χ2n) is 5.03. The average Bonchev–Trinajstić information content (AvgIpc) is 2.81. The Morgan fingerprint density at radius 1 is 1.38 bits per heavy atom. The first-order valence-electron chi connectivity index (χ1n) is 6.92. The van der Waals surface area contributed by atoms with E-state index in [0.717, 1.165) is 18.0 Å². The van der Waals surface area contributed by atoms with Crippen molar-refractivity contribution < 1.29 is 4.74 Å². The molecule has 0 spiro atoms. The van der Waals surface area contributed by atoms with Gasteiger partial charge in [-0.3, -0.25) is 4.68 Å². The fourth-order valence-corrected chi connectivity index (χ4v) is 2.17. The van der Waals surface area contributed by atoms with E-state index >= 15 is 0 Å². The SMILES string of the molecule is Cc1nn(C)cc1CNC(C)c1ccc(OCC#N)cc1. The lowest BCUT2D eigenvalue weighted by Gasteiger charge is -2.14. The molecule has 0 saturated heterocycles. The molecule has 110 valence electrons. The van der Waals surface area contributed by atoms with Crippen LogP contribution in [-0.4, -0.2) is 16.4 Å². The van der Waals surface area contributed by atoms with Gasteiger partial charge in [-0.2, -0.15) is 10.4 Å². The van der Waals surface area contributed by atoms with Crippen molar-refractivity contribution in [2.75, 3.05) is 6.61 Å². The van der Waals surface area contributed by atoms with Gasteiger partial charge in [0.15, 0.2) is 6.61 Å². The van der Waals surface area contributed by atoms with Gasteiger partial charge in [-0.05, 0) is 31.5 Å². The van der Waals surface area contributed by atoms with E-state index in [2.05, 4.69) is 17.3 Å². The van der Waals surface area contributed by atoms with Gasteiger partial charge in [-0.25, -0.2) is 0 Å². The zero-order valence-electron chi connectivity index (χ0n) is 12.6. The molecule has 0 amide bonds. The lowest BCUT2D eigenvalue weighted by Crippen LogP contribution is -2.18. The Kier molecular flexibility index (Phi) is 4.96. The number of hydrogen-bond donors (Lipinski definition) is 1.